The van der Waals surface area contributed by atoms with Gasteiger partial charge in [0, 0.05) is 47.3 Å². The molecule has 1 aliphatic rings. The topological polar surface area (TPSA) is 51.3 Å². The van der Waals surface area contributed by atoms with Crippen molar-refractivity contribution in [3.8, 4) is 0 Å². The van der Waals surface area contributed by atoms with Crippen molar-refractivity contribution in [3.63, 3.8) is 0 Å². The van der Waals surface area contributed by atoms with Gasteiger partial charge in [-0.3, -0.25) is 9.69 Å². The molecular weight excluding hydrogens is 274 g/mol. The van der Waals surface area contributed by atoms with Crippen molar-refractivity contribution in [2.45, 2.75) is 45.2 Å². The van der Waals surface area contributed by atoms with Crippen LogP contribution in [-0.4, -0.2) is 28.1 Å². The largest absolute Gasteiger partial charge is 0.398 e. The van der Waals surface area contributed by atoms with E-state index < -0.39 is 0 Å². The van der Waals surface area contributed by atoms with Gasteiger partial charge in [0.15, 0.2) is 0 Å². The number of hydrogen-bond donors (Lipinski definition) is 1. The van der Waals surface area contributed by atoms with Crippen molar-refractivity contribution in [3.05, 3.63) is 40.8 Å². The van der Waals surface area contributed by atoms with Gasteiger partial charge in [-0.2, -0.15) is 0 Å². The minimum atomic E-state index is 0.0824. The molecule has 22 heavy (non-hydrogen) atoms. The maximum Gasteiger partial charge on any atom is 0.258 e. The Kier molecular flexibility index (Phi) is 3.73. The van der Waals surface area contributed by atoms with Crippen molar-refractivity contribution in [1.29, 1.82) is 0 Å². The maximum atomic E-state index is 12.8. The number of likely N-dealkylation sites (tertiary alicyclic amines) is 1. The second-order valence-electron chi connectivity index (χ2n) is 7.23. The highest BCUT2D eigenvalue weighted by atomic mass is 16.1. The Morgan fingerprint density at radius 2 is 1.77 bits per heavy atom. The predicted octanol–water partition coefficient (Wildman–Crippen LogP) is 3.02. The molecule has 4 heteroatoms. The highest BCUT2D eigenvalue weighted by Gasteiger charge is 2.28. The number of benzene rings is 1. The molecule has 0 aliphatic carbocycles. The third-order valence-electron chi connectivity index (χ3n) is 4.81. The quantitative estimate of drug-likeness (QED) is 0.824. The molecule has 1 saturated heterocycles. The van der Waals surface area contributed by atoms with Crippen LogP contribution in [0.1, 0.15) is 39.7 Å². The minimum absolute atomic E-state index is 0.0824. The molecule has 0 amide bonds. The van der Waals surface area contributed by atoms with Crippen LogP contribution in [0.4, 0.5) is 5.69 Å². The number of nitrogen functional groups attached to an aromatic ring is 1. The number of nitrogens with two attached hydrogens (primary N) is 1. The lowest BCUT2D eigenvalue weighted by Gasteiger charge is -2.41. The van der Waals surface area contributed by atoms with Crippen LogP contribution in [0.15, 0.2) is 35.3 Å². The second-order valence-corrected chi connectivity index (χ2v) is 7.23. The van der Waals surface area contributed by atoms with Gasteiger partial charge in [-0.1, -0.05) is 6.07 Å². The standard InChI is InChI=1S/C18H25N3O/c1-18(2,3)20-10-7-13(8-11-20)21-12-9-14-15(17(21)22)5-4-6-16(14)19/h4-6,9,12-13H,7-8,10-11,19H2,1-3H3. The zero-order valence-corrected chi connectivity index (χ0v) is 13.7. The number of pyridine rings is 1. The van der Waals surface area contributed by atoms with Gasteiger partial charge in [0.05, 0.1) is 0 Å². The van der Waals surface area contributed by atoms with Crippen LogP contribution in [0.2, 0.25) is 0 Å². The highest BCUT2D eigenvalue weighted by Crippen LogP contribution is 2.27. The molecule has 2 heterocycles. The molecule has 0 atom stereocenters. The molecule has 1 aromatic carbocycles. The van der Waals surface area contributed by atoms with E-state index in [4.69, 9.17) is 5.73 Å². The fourth-order valence-corrected chi connectivity index (χ4v) is 3.42. The minimum Gasteiger partial charge on any atom is -0.398 e. The summed E-state index contributed by atoms with van der Waals surface area (Å²) in [4.78, 5) is 15.2. The van der Waals surface area contributed by atoms with Crippen LogP contribution in [0, 0.1) is 0 Å². The van der Waals surface area contributed by atoms with E-state index in [1.807, 2.05) is 35.0 Å². The van der Waals surface area contributed by atoms with Gasteiger partial charge >= 0.3 is 0 Å². The van der Waals surface area contributed by atoms with Crippen molar-refractivity contribution >= 4 is 16.5 Å². The molecule has 0 saturated carbocycles. The number of aromatic nitrogens is 1. The second kappa shape index (κ2) is 5.43. The average Bonchev–Trinajstić information content (AvgIpc) is 2.48. The zero-order chi connectivity index (χ0) is 15.9. The van der Waals surface area contributed by atoms with Gasteiger partial charge in [-0.05, 0) is 51.8 Å². The Morgan fingerprint density at radius 3 is 2.41 bits per heavy atom. The first-order valence-electron chi connectivity index (χ1n) is 8.02. The summed E-state index contributed by atoms with van der Waals surface area (Å²) in [6.45, 7) is 8.82. The summed E-state index contributed by atoms with van der Waals surface area (Å²) in [7, 11) is 0. The van der Waals surface area contributed by atoms with Crippen LogP contribution in [0.25, 0.3) is 10.8 Å². The zero-order valence-electron chi connectivity index (χ0n) is 13.7. The molecule has 1 fully saturated rings. The van der Waals surface area contributed by atoms with E-state index in [1.165, 1.54) is 0 Å². The van der Waals surface area contributed by atoms with Crippen LogP contribution in [-0.2, 0) is 0 Å². The van der Waals surface area contributed by atoms with Crippen LogP contribution in [0.5, 0.6) is 0 Å². The number of piperidine rings is 1. The summed E-state index contributed by atoms with van der Waals surface area (Å²) in [5, 5.41) is 1.58. The van der Waals surface area contributed by atoms with E-state index >= 15 is 0 Å². The van der Waals surface area contributed by atoms with E-state index in [0.29, 0.717) is 5.69 Å². The Morgan fingerprint density at radius 1 is 1.09 bits per heavy atom. The molecule has 2 aromatic rings. The molecule has 0 unspecified atom stereocenters. The number of nitrogens with zero attached hydrogens (tertiary/aromatic N) is 2. The van der Waals surface area contributed by atoms with Gasteiger partial charge in [-0.15, -0.1) is 0 Å². The Bertz CT molecular complexity index is 734. The Labute approximate surface area is 131 Å². The molecular formula is C18H25N3O. The summed E-state index contributed by atoms with van der Waals surface area (Å²) >= 11 is 0. The predicted molar refractivity (Wildman–Crippen MR) is 92.2 cm³/mol. The lowest BCUT2D eigenvalue weighted by molar-refractivity contribution is 0.0892. The van der Waals surface area contributed by atoms with Gasteiger partial charge in [0.2, 0.25) is 0 Å². The lowest BCUT2D eigenvalue weighted by Crippen LogP contribution is -2.47. The molecule has 0 bridgehead atoms. The molecule has 3 rings (SSSR count). The summed E-state index contributed by atoms with van der Waals surface area (Å²) in [5.41, 5.74) is 6.92. The smallest absolute Gasteiger partial charge is 0.258 e. The molecule has 0 radical (unpaired) electrons. The molecule has 2 N–H and O–H groups in total. The fourth-order valence-electron chi connectivity index (χ4n) is 3.42. The normalized spacial score (nSPS) is 18.0. The average molecular weight is 299 g/mol. The van der Waals surface area contributed by atoms with Crippen molar-refractivity contribution in [2.75, 3.05) is 18.8 Å². The van der Waals surface area contributed by atoms with Crippen LogP contribution in [0.3, 0.4) is 0 Å². The van der Waals surface area contributed by atoms with Gasteiger partial charge in [0.1, 0.15) is 0 Å². The number of fused-ring (bicyclic) bond motifs is 1. The first-order chi connectivity index (χ1) is 10.4. The first-order valence-corrected chi connectivity index (χ1v) is 8.02. The molecule has 0 spiro atoms. The van der Waals surface area contributed by atoms with E-state index in [2.05, 4.69) is 25.7 Å². The third kappa shape index (κ3) is 2.63. The van der Waals surface area contributed by atoms with E-state index in [-0.39, 0.29) is 17.1 Å². The van der Waals surface area contributed by atoms with Crippen molar-refractivity contribution in [2.24, 2.45) is 0 Å². The first kappa shape index (κ1) is 15.1. The lowest BCUT2D eigenvalue weighted by atomic mass is 9.97. The van der Waals surface area contributed by atoms with E-state index in [0.717, 1.165) is 36.7 Å². The van der Waals surface area contributed by atoms with Crippen molar-refractivity contribution < 1.29 is 0 Å². The molecule has 4 nitrogen and oxygen atoms in total. The monoisotopic (exact) mass is 299 g/mol. The van der Waals surface area contributed by atoms with Crippen LogP contribution >= 0.6 is 0 Å². The Balaban J connectivity index is 1.90. The van der Waals surface area contributed by atoms with Crippen molar-refractivity contribution in [1.82, 2.24) is 9.47 Å². The third-order valence-corrected chi connectivity index (χ3v) is 4.81. The van der Waals surface area contributed by atoms with Gasteiger partial charge in [0.25, 0.3) is 5.56 Å². The highest BCUT2D eigenvalue weighted by molar-refractivity contribution is 5.91. The molecule has 118 valence electrons. The van der Waals surface area contributed by atoms with Crippen LogP contribution < -0.4 is 11.3 Å². The summed E-state index contributed by atoms with van der Waals surface area (Å²) in [6, 6.07) is 7.83. The maximum absolute atomic E-state index is 12.8. The molecule has 1 aliphatic heterocycles. The Hall–Kier alpha value is -1.81. The van der Waals surface area contributed by atoms with Gasteiger partial charge in [-0.25, -0.2) is 0 Å². The summed E-state index contributed by atoms with van der Waals surface area (Å²) in [6.07, 6.45) is 3.95. The molecule has 1 aromatic heterocycles. The number of rotatable bonds is 1. The van der Waals surface area contributed by atoms with E-state index in [9.17, 15) is 4.79 Å². The summed E-state index contributed by atoms with van der Waals surface area (Å²) < 4.78 is 1.90. The number of hydrogen-bond acceptors (Lipinski definition) is 3. The van der Waals surface area contributed by atoms with E-state index in [1.54, 1.807) is 0 Å². The SMILES string of the molecule is CC(C)(C)N1CCC(n2ccc3c(N)cccc3c2=O)CC1. The van der Waals surface area contributed by atoms with Gasteiger partial charge < -0.3 is 10.3 Å². The fraction of sp³-hybridized carbons (Fsp3) is 0.500. The number of anilines is 1. The summed E-state index contributed by atoms with van der Waals surface area (Å²) in [5.74, 6) is 0.